The van der Waals surface area contributed by atoms with Crippen LogP contribution in [0, 0.1) is 0 Å². The van der Waals surface area contributed by atoms with Crippen LogP contribution in [0.1, 0.15) is 33.6 Å². The molecule has 0 saturated heterocycles. The van der Waals surface area contributed by atoms with Gasteiger partial charge in [0.25, 0.3) is 0 Å². The van der Waals surface area contributed by atoms with E-state index in [9.17, 15) is 0 Å². The Labute approximate surface area is 70.3 Å². The van der Waals surface area contributed by atoms with E-state index in [2.05, 4.69) is 30.7 Å². The van der Waals surface area contributed by atoms with Crippen LogP contribution in [0.2, 0.25) is 0 Å². The zero-order chi connectivity index (χ0) is 8.69. The maximum atomic E-state index is 4.26. The van der Waals surface area contributed by atoms with E-state index >= 15 is 0 Å². The summed E-state index contributed by atoms with van der Waals surface area (Å²) < 4.78 is 0. The van der Waals surface area contributed by atoms with Crippen LogP contribution in [0.3, 0.4) is 0 Å². The Bertz CT molecular complexity index is 115. The van der Waals surface area contributed by atoms with Gasteiger partial charge in [-0.05, 0) is 20.3 Å². The molecule has 2 nitrogen and oxygen atoms in total. The molecule has 0 atom stereocenters. The Morgan fingerprint density at radius 2 is 1.73 bits per heavy atom. The van der Waals surface area contributed by atoms with Gasteiger partial charge in [-0.15, -0.1) is 0 Å². The number of hydrogen-bond donors (Lipinski definition) is 0. The summed E-state index contributed by atoms with van der Waals surface area (Å²) in [6.45, 7) is 8.68. The van der Waals surface area contributed by atoms with Crippen molar-refractivity contribution in [2.24, 2.45) is 4.99 Å². The van der Waals surface area contributed by atoms with Gasteiger partial charge in [-0.2, -0.15) is 0 Å². The Morgan fingerprint density at radius 1 is 1.18 bits per heavy atom. The molecule has 0 fully saturated rings. The molecule has 0 N–H and O–H groups in total. The fourth-order valence-corrected chi connectivity index (χ4v) is 1.22. The van der Waals surface area contributed by atoms with E-state index in [1.54, 1.807) is 0 Å². The fraction of sp³-hybridized carbons (Fsp3) is 0.889. The van der Waals surface area contributed by atoms with Crippen molar-refractivity contribution in [3.63, 3.8) is 0 Å². The second-order valence-electron chi connectivity index (χ2n) is 2.56. The zero-order valence-electron chi connectivity index (χ0n) is 8.22. The average molecular weight is 156 g/mol. The molecule has 0 aliphatic rings. The third-order valence-electron chi connectivity index (χ3n) is 1.86. The molecule has 66 valence electrons. The largest absolute Gasteiger partial charge is 0.361 e. The molecule has 0 rings (SSSR count). The van der Waals surface area contributed by atoms with E-state index in [1.807, 2.05) is 7.05 Å². The first-order valence-corrected chi connectivity index (χ1v) is 4.50. The molecule has 0 amide bonds. The fourth-order valence-electron chi connectivity index (χ4n) is 1.22. The molecule has 0 unspecified atom stereocenters. The second kappa shape index (κ2) is 6.20. The zero-order valence-corrected chi connectivity index (χ0v) is 8.22. The van der Waals surface area contributed by atoms with Crippen molar-refractivity contribution in [3.05, 3.63) is 0 Å². The van der Waals surface area contributed by atoms with Gasteiger partial charge in [-0.25, -0.2) is 0 Å². The molecule has 0 saturated carbocycles. The van der Waals surface area contributed by atoms with Gasteiger partial charge in [0, 0.05) is 26.6 Å². The average Bonchev–Trinajstić information content (AvgIpc) is 2.05. The predicted octanol–water partition coefficient (Wildman–Crippen LogP) is 2.16. The van der Waals surface area contributed by atoms with Crippen LogP contribution < -0.4 is 0 Å². The van der Waals surface area contributed by atoms with Gasteiger partial charge in [0.1, 0.15) is 0 Å². The monoisotopic (exact) mass is 156 g/mol. The van der Waals surface area contributed by atoms with Gasteiger partial charge in [-0.1, -0.05) is 6.92 Å². The lowest BCUT2D eigenvalue weighted by atomic mass is 10.3. The predicted molar refractivity (Wildman–Crippen MR) is 51.2 cm³/mol. The molecule has 0 aliphatic heterocycles. The van der Waals surface area contributed by atoms with Crippen molar-refractivity contribution < 1.29 is 0 Å². The minimum atomic E-state index is 1.07. The lowest BCUT2D eigenvalue weighted by molar-refractivity contribution is 0.453. The summed E-state index contributed by atoms with van der Waals surface area (Å²) in [7, 11) is 1.88. The molecule has 0 radical (unpaired) electrons. The summed E-state index contributed by atoms with van der Waals surface area (Å²) in [4.78, 5) is 6.57. The summed E-state index contributed by atoms with van der Waals surface area (Å²) in [5.41, 5.74) is 0. The topological polar surface area (TPSA) is 15.6 Å². The quantitative estimate of drug-likeness (QED) is 0.450. The Morgan fingerprint density at radius 3 is 2.00 bits per heavy atom. The van der Waals surface area contributed by atoms with E-state index in [4.69, 9.17) is 0 Å². The molecule has 11 heavy (non-hydrogen) atoms. The number of amidine groups is 1. The maximum Gasteiger partial charge on any atom is 0.0985 e. The van der Waals surface area contributed by atoms with Crippen molar-refractivity contribution in [1.29, 1.82) is 0 Å². The van der Waals surface area contributed by atoms with Gasteiger partial charge in [0.05, 0.1) is 5.84 Å². The highest BCUT2D eigenvalue weighted by atomic mass is 15.2. The second-order valence-corrected chi connectivity index (χ2v) is 2.56. The standard InChI is InChI=1S/C9H20N2/c1-5-8-9(10-4)11(6-2)7-3/h5-8H2,1-4H3/b10-9-. The van der Waals surface area contributed by atoms with Crippen LogP contribution in [-0.4, -0.2) is 30.9 Å². The van der Waals surface area contributed by atoms with Crippen LogP contribution in [0.25, 0.3) is 0 Å². The molecule has 0 aromatic heterocycles. The van der Waals surface area contributed by atoms with Crippen LogP contribution >= 0.6 is 0 Å². The molecular weight excluding hydrogens is 136 g/mol. The highest BCUT2D eigenvalue weighted by molar-refractivity contribution is 5.82. The lowest BCUT2D eigenvalue weighted by Gasteiger charge is -2.22. The van der Waals surface area contributed by atoms with E-state index in [0.717, 1.165) is 19.5 Å². The van der Waals surface area contributed by atoms with Crippen LogP contribution in [0.4, 0.5) is 0 Å². The molecule has 2 heteroatoms. The normalized spacial score (nSPS) is 11.8. The first kappa shape index (κ1) is 10.5. The first-order chi connectivity index (χ1) is 5.29. The van der Waals surface area contributed by atoms with E-state index in [-0.39, 0.29) is 0 Å². The summed E-state index contributed by atoms with van der Waals surface area (Å²) in [5, 5.41) is 0. The molecular formula is C9H20N2. The van der Waals surface area contributed by atoms with Crippen LogP contribution in [-0.2, 0) is 0 Å². The highest BCUT2D eigenvalue weighted by Gasteiger charge is 2.03. The van der Waals surface area contributed by atoms with Gasteiger partial charge in [0.2, 0.25) is 0 Å². The third-order valence-corrected chi connectivity index (χ3v) is 1.86. The van der Waals surface area contributed by atoms with E-state index in [1.165, 1.54) is 12.3 Å². The SMILES string of the molecule is CCC/C(=N/C)N(CC)CC. The lowest BCUT2D eigenvalue weighted by Crippen LogP contribution is -2.30. The molecule has 0 spiro atoms. The summed E-state index contributed by atoms with van der Waals surface area (Å²) >= 11 is 0. The van der Waals surface area contributed by atoms with Gasteiger partial charge < -0.3 is 4.90 Å². The number of hydrogen-bond acceptors (Lipinski definition) is 1. The van der Waals surface area contributed by atoms with Crippen molar-refractivity contribution in [1.82, 2.24) is 4.90 Å². The maximum absolute atomic E-state index is 4.26. The van der Waals surface area contributed by atoms with Crippen molar-refractivity contribution in [3.8, 4) is 0 Å². The summed E-state index contributed by atoms with van der Waals surface area (Å²) in [6.07, 6.45) is 2.29. The number of rotatable bonds is 4. The van der Waals surface area contributed by atoms with Crippen LogP contribution in [0.5, 0.6) is 0 Å². The first-order valence-electron chi connectivity index (χ1n) is 4.50. The molecule has 0 heterocycles. The Kier molecular flexibility index (Phi) is 5.90. The molecule has 0 bridgehead atoms. The minimum absolute atomic E-state index is 1.07. The van der Waals surface area contributed by atoms with Crippen molar-refractivity contribution in [2.45, 2.75) is 33.6 Å². The van der Waals surface area contributed by atoms with E-state index in [0.29, 0.717) is 0 Å². The number of nitrogens with zero attached hydrogens (tertiary/aromatic N) is 2. The molecule has 0 aromatic carbocycles. The van der Waals surface area contributed by atoms with Crippen molar-refractivity contribution >= 4 is 5.84 Å². The van der Waals surface area contributed by atoms with Gasteiger partial charge in [-0.3, -0.25) is 4.99 Å². The van der Waals surface area contributed by atoms with Gasteiger partial charge in [0.15, 0.2) is 0 Å². The van der Waals surface area contributed by atoms with Crippen molar-refractivity contribution in [2.75, 3.05) is 20.1 Å². The molecule has 0 aliphatic carbocycles. The highest BCUT2D eigenvalue weighted by Crippen LogP contribution is 1.98. The van der Waals surface area contributed by atoms with Crippen LogP contribution in [0.15, 0.2) is 4.99 Å². The number of aliphatic imine (C=N–C) groups is 1. The summed E-state index contributed by atoms with van der Waals surface area (Å²) in [5.74, 6) is 1.25. The Hall–Kier alpha value is -0.530. The minimum Gasteiger partial charge on any atom is -0.361 e. The third kappa shape index (κ3) is 3.40. The van der Waals surface area contributed by atoms with Gasteiger partial charge >= 0.3 is 0 Å². The smallest absolute Gasteiger partial charge is 0.0985 e. The Balaban J connectivity index is 3.99. The summed E-state index contributed by atoms with van der Waals surface area (Å²) in [6, 6.07) is 0. The molecule has 0 aromatic rings. The van der Waals surface area contributed by atoms with E-state index < -0.39 is 0 Å².